The Morgan fingerprint density at radius 3 is 0.803 bits per heavy atom. The summed E-state index contributed by atoms with van der Waals surface area (Å²) in [6.45, 7) is 6.60. The third kappa shape index (κ3) is 14.8. The van der Waals surface area contributed by atoms with Gasteiger partial charge < -0.3 is 13.7 Å². The van der Waals surface area contributed by atoms with Crippen molar-refractivity contribution in [1.29, 1.82) is 0 Å². The van der Waals surface area contributed by atoms with Crippen LogP contribution in [0.1, 0.15) is 16.7 Å². The molecule has 0 saturated heterocycles. The lowest BCUT2D eigenvalue weighted by molar-refractivity contribution is 0.955. The number of hydrogen-bond donors (Lipinski definition) is 0. The van der Waals surface area contributed by atoms with Gasteiger partial charge >= 0.3 is 0 Å². The van der Waals surface area contributed by atoms with E-state index in [1.807, 2.05) is 109 Å². The Morgan fingerprint density at radius 2 is 0.422 bits per heavy atom. The zero-order valence-electron chi connectivity index (χ0n) is 80.4. The predicted molar refractivity (Wildman–Crippen MR) is 603 cm³/mol. The van der Waals surface area contributed by atoms with Crippen LogP contribution in [-0.2, 0) is 0 Å². The fourth-order valence-corrected chi connectivity index (χ4v) is 22.1. The third-order valence-corrected chi connectivity index (χ3v) is 28.4. The molecule has 0 bridgehead atoms. The molecular formula is C132H89N15. The van der Waals surface area contributed by atoms with Crippen molar-refractivity contribution in [2.75, 3.05) is 0 Å². The van der Waals surface area contributed by atoms with Crippen molar-refractivity contribution >= 4 is 131 Å². The van der Waals surface area contributed by atoms with E-state index >= 15 is 0 Å². The van der Waals surface area contributed by atoms with E-state index < -0.39 is 0 Å². The highest BCUT2D eigenvalue weighted by Gasteiger charge is 2.30. The van der Waals surface area contributed by atoms with E-state index in [0.29, 0.717) is 52.8 Å². The molecule has 0 unspecified atom stereocenters. The molecule has 0 aliphatic heterocycles. The molecule has 20 aromatic carbocycles. The van der Waals surface area contributed by atoms with E-state index in [9.17, 15) is 0 Å². The zero-order chi connectivity index (χ0) is 97.7. The molecule has 0 aliphatic carbocycles. The molecule has 9 heterocycles. The summed E-state index contributed by atoms with van der Waals surface area (Å²) in [5.41, 5.74) is 30.7. The Morgan fingerprint density at radius 1 is 0.156 bits per heavy atom. The maximum atomic E-state index is 5.26. The number of benzene rings is 20. The van der Waals surface area contributed by atoms with Gasteiger partial charge in [0.15, 0.2) is 34.9 Å². The van der Waals surface area contributed by atoms with Crippen molar-refractivity contribution in [2.24, 2.45) is 0 Å². The summed E-state index contributed by atoms with van der Waals surface area (Å²) >= 11 is 0. The van der Waals surface area contributed by atoms with Crippen molar-refractivity contribution < 1.29 is 0 Å². The minimum absolute atomic E-state index is 0.576. The molecule has 15 nitrogen and oxygen atoms in total. The molecule has 0 spiro atoms. The first-order chi connectivity index (χ1) is 72.7. The molecule has 0 N–H and O–H groups in total. The summed E-state index contributed by atoms with van der Waals surface area (Å²) in [4.78, 5) is 46.5. The van der Waals surface area contributed by atoms with Crippen LogP contribution in [0.3, 0.4) is 0 Å². The molecule has 9 aromatic heterocycles. The summed E-state index contributed by atoms with van der Waals surface area (Å²) in [7, 11) is 0. The van der Waals surface area contributed by atoms with Gasteiger partial charge in [-0.3, -0.25) is 13.7 Å². The maximum Gasteiger partial charge on any atom is 0.238 e. The fourth-order valence-electron chi connectivity index (χ4n) is 22.1. The number of nitrogens with zero attached hydrogens (tertiary/aromatic N) is 15. The highest BCUT2D eigenvalue weighted by molar-refractivity contribution is 6.30. The third-order valence-electron chi connectivity index (χ3n) is 28.4. The monoisotopic (exact) mass is 1880 g/mol. The van der Waals surface area contributed by atoms with E-state index in [1.54, 1.807) is 0 Å². The molecule has 692 valence electrons. The summed E-state index contributed by atoms with van der Waals surface area (Å²) < 4.78 is 13.9. The van der Waals surface area contributed by atoms with E-state index in [0.717, 1.165) is 165 Å². The van der Waals surface area contributed by atoms with Gasteiger partial charge in [-0.25, -0.2) is 15.0 Å². The van der Waals surface area contributed by atoms with E-state index in [-0.39, 0.29) is 0 Å². The van der Waals surface area contributed by atoms with Crippen molar-refractivity contribution in [3.05, 3.63) is 502 Å². The summed E-state index contributed by atoms with van der Waals surface area (Å²) in [6, 6.07) is 170. The Balaban J connectivity index is 0.000000109. The van der Waals surface area contributed by atoms with E-state index in [1.165, 1.54) is 55.0 Å². The zero-order valence-corrected chi connectivity index (χ0v) is 80.4. The number of para-hydroxylation sites is 6. The van der Waals surface area contributed by atoms with Gasteiger partial charge in [0.1, 0.15) is 0 Å². The second-order valence-electron chi connectivity index (χ2n) is 37.3. The Kier molecular flexibility index (Phi) is 21.2. The molecule has 0 aliphatic rings. The molecule has 15 heteroatoms. The number of hydrogen-bond acceptors (Lipinski definition) is 9. The van der Waals surface area contributed by atoms with Gasteiger partial charge in [0, 0.05) is 109 Å². The molecule has 0 saturated carbocycles. The normalized spacial score (nSPS) is 11.6. The van der Waals surface area contributed by atoms with Gasteiger partial charge in [-0.2, -0.15) is 29.9 Å². The summed E-state index contributed by atoms with van der Waals surface area (Å²) in [5, 5.41) is 13.9. The van der Waals surface area contributed by atoms with E-state index in [2.05, 4.69) is 424 Å². The van der Waals surface area contributed by atoms with Crippen molar-refractivity contribution in [2.45, 2.75) is 20.8 Å². The Labute approximate surface area is 845 Å². The lowest BCUT2D eigenvalue weighted by Gasteiger charge is -2.15. The van der Waals surface area contributed by atoms with Crippen LogP contribution in [0.4, 0.5) is 0 Å². The van der Waals surface area contributed by atoms with Crippen LogP contribution in [0.25, 0.3) is 256 Å². The van der Waals surface area contributed by atoms with E-state index in [4.69, 9.17) is 44.9 Å². The van der Waals surface area contributed by atoms with Gasteiger partial charge in [0.05, 0.1) is 71.9 Å². The number of fused-ring (bicyclic) bond motifs is 21. The smallest absolute Gasteiger partial charge is 0.238 e. The first-order valence-electron chi connectivity index (χ1n) is 49.6. The highest BCUT2D eigenvalue weighted by atomic mass is 15.2. The summed E-state index contributed by atoms with van der Waals surface area (Å²) in [5.74, 6) is 5.53. The number of aryl methyl sites for hydroxylation is 3. The largest absolute Gasteiger partial charge is 0.309 e. The van der Waals surface area contributed by atoms with Gasteiger partial charge in [-0.05, 0) is 133 Å². The quantitative estimate of drug-likeness (QED) is 0.104. The lowest BCUT2D eigenvalue weighted by atomic mass is 9.99. The SMILES string of the molecule is Cc1cc(C)c(-n2c3ccccc3c3c2ccc2c4ccccc4n(-c4nc(-c5ccccc5)nc(-c5ccccc5)n4)c23)c(C)c1.c1ccc(-c2ccc3c4ccc5c(c6ccccc6n5-c5ccccc5)c4n(-c4nc(-c5ccccc5)nc(-c5ccccc5)n4)c3c2)cc1.c1ccc(-c2nc(-c3ccccc3)nc(-n3c4cccc(-c5ccccc5)c4c4ccc5c(c6ccccc6n5-c5ccccc5)c43)n2)cc1. The van der Waals surface area contributed by atoms with Gasteiger partial charge in [-0.15, -0.1) is 0 Å². The molecule has 29 rings (SSSR count). The average Bonchev–Trinajstić information content (AvgIpc) is 1.53. The van der Waals surface area contributed by atoms with Crippen LogP contribution >= 0.6 is 0 Å². The molecule has 0 fully saturated rings. The van der Waals surface area contributed by atoms with Crippen LogP contribution in [0.15, 0.2) is 485 Å². The van der Waals surface area contributed by atoms with Crippen LogP contribution in [0.5, 0.6) is 0 Å². The summed E-state index contributed by atoms with van der Waals surface area (Å²) in [6.07, 6.45) is 0. The first-order valence-corrected chi connectivity index (χ1v) is 49.6. The second-order valence-corrected chi connectivity index (χ2v) is 37.3. The molecule has 0 radical (unpaired) electrons. The van der Waals surface area contributed by atoms with Crippen LogP contribution in [0.2, 0.25) is 0 Å². The molecule has 29 aromatic rings. The Hall–Kier alpha value is -19.8. The standard InChI is InChI=1S/2C45H29N5.C42H31N5/c1-5-16-30(17-6-1)34-25-15-27-38-40(34)36-28-29-39-41(35-24-13-14-26-37(35)49(39)33-22-11-4-12-23-33)42(36)50(38)45-47-43(31-18-7-2-8-19-31)46-44(48-45)32-20-9-3-10-21-32;1-5-15-30(16-6-1)33-25-26-35-36-27-28-39-41(37-23-13-14-24-38(37)49(39)34-21-11-4-12-22-34)42(36)50(40(35)29-33)45-47-43(31-17-7-2-8-18-31)46-44(48-45)32-19-9-3-10-20-32;1-26-24-27(2)38(28(3)25-26)46-35-21-13-11-19-33(35)37-36(46)23-22-32-31-18-10-12-20-34(31)47(39(32)37)42-44-40(29-14-6-4-7-15-29)43-41(45-42)30-16-8-5-9-17-30/h2*1-29H;4-25H,1-3H3. The first kappa shape index (κ1) is 86.3. The maximum absolute atomic E-state index is 5.26. The van der Waals surface area contributed by atoms with Crippen LogP contribution in [-0.4, -0.2) is 72.3 Å². The van der Waals surface area contributed by atoms with Gasteiger partial charge in [-0.1, -0.05) is 412 Å². The highest BCUT2D eigenvalue weighted by Crippen LogP contribution is 2.49. The minimum atomic E-state index is 0.576. The minimum Gasteiger partial charge on any atom is -0.309 e. The number of aromatic nitrogens is 15. The van der Waals surface area contributed by atoms with Crippen molar-refractivity contribution in [3.63, 3.8) is 0 Å². The van der Waals surface area contributed by atoms with Gasteiger partial charge in [0.25, 0.3) is 0 Å². The fraction of sp³-hybridized carbons (Fsp3) is 0.0227. The van der Waals surface area contributed by atoms with Crippen molar-refractivity contribution in [3.8, 4) is 125 Å². The average molecular weight is 1890 g/mol. The number of rotatable bonds is 14. The second kappa shape index (κ2) is 36.1. The topological polar surface area (TPSA) is 146 Å². The lowest BCUT2D eigenvalue weighted by Crippen LogP contribution is -2.06. The van der Waals surface area contributed by atoms with Crippen LogP contribution in [0, 0.1) is 20.8 Å². The molecule has 0 amide bonds. The van der Waals surface area contributed by atoms with Gasteiger partial charge in [0.2, 0.25) is 17.8 Å². The van der Waals surface area contributed by atoms with Crippen molar-refractivity contribution in [1.82, 2.24) is 72.3 Å². The Bertz CT molecular complexity index is 9850. The van der Waals surface area contributed by atoms with Crippen LogP contribution < -0.4 is 0 Å². The predicted octanol–water partition coefficient (Wildman–Crippen LogP) is 32.5. The molecule has 147 heavy (non-hydrogen) atoms. The molecule has 0 atom stereocenters. The molecular weight excluding hydrogens is 1800 g/mol.